The summed E-state index contributed by atoms with van der Waals surface area (Å²) in [5, 5.41) is 2.41. The minimum Gasteiger partial charge on any atom is -0.382 e. The lowest BCUT2D eigenvalue weighted by Crippen LogP contribution is -2.24. The molecule has 0 heterocycles. The van der Waals surface area contributed by atoms with Crippen molar-refractivity contribution in [1.29, 1.82) is 0 Å². The highest BCUT2D eigenvalue weighted by Crippen LogP contribution is 2.15. The average Bonchev–Trinajstić information content (AvgIpc) is 2.52. The van der Waals surface area contributed by atoms with Crippen LogP contribution in [0, 0.1) is 11.8 Å². The van der Waals surface area contributed by atoms with E-state index >= 15 is 0 Å². The minimum atomic E-state index is -0.557. The summed E-state index contributed by atoms with van der Waals surface area (Å²) in [6.45, 7) is 5.15. The lowest BCUT2D eigenvalue weighted by molar-refractivity contribution is -0.111. The van der Waals surface area contributed by atoms with Crippen LogP contribution in [0.25, 0.3) is 10.8 Å². The van der Waals surface area contributed by atoms with Crippen LogP contribution in [0.4, 0.5) is 0 Å². The molecular weight excluding hydrogens is 276 g/mol. The zero-order valence-electron chi connectivity index (χ0n) is 13.4. The van der Waals surface area contributed by atoms with Crippen molar-refractivity contribution in [3.05, 3.63) is 48.0 Å². The predicted octanol–water partition coefficient (Wildman–Crippen LogP) is 3.61. The summed E-state index contributed by atoms with van der Waals surface area (Å²) in [5.74, 6) is 6.32. The maximum absolute atomic E-state index is 5.63. The Morgan fingerprint density at radius 3 is 2.55 bits per heavy atom. The lowest BCUT2D eigenvalue weighted by Gasteiger charge is -2.18. The van der Waals surface area contributed by atoms with Crippen LogP contribution in [0.15, 0.2) is 42.5 Å². The highest BCUT2D eigenvalue weighted by Gasteiger charge is 2.14. The second-order valence-corrected chi connectivity index (χ2v) is 5.49. The van der Waals surface area contributed by atoms with Crippen molar-refractivity contribution in [2.24, 2.45) is 0 Å². The summed E-state index contributed by atoms with van der Waals surface area (Å²) < 4.78 is 15.8. The van der Waals surface area contributed by atoms with Gasteiger partial charge in [0.05, 0.1) is 13.2 Å². The fraction of sp³-hybridized carbons (Fsp3) is 0.368. The first-order chi connectivity index (χ1) is 10.6. The standard InChI is InChI=1S/C19H22O3/c1-19(2,22-15-21-13-12-20-3)11-10-16-8-9-17-6-4-5-7-18(17)14-16/h4-9,14H,12-13,15H2,1-3H3. The van der Waals surface area contributed by atoms with Crippen LogP contribution in [0.3, 0.4) is 0 Å². The molecule has 2 aromatic carbocycles. The molecule has 0 aromatic heterocycles. The molecule has 0 radical (unpaired) electrons. The van der Waals surface area contributed by atoms with Crippen molar-refractivity contribution in [3.63, 3.8) is 0 Å². The van der Waals surface area contributed by atoms with Crippen LogP contribution in [-0.2, 0) is 14.2 Å². The van der Waals surface area contributed by atoms with E-state index in [2.05, 4.69) is 36.1 Å². The van der Waals surface area contributed by atoms with Crippen molar-refractivity contribution in [2.45, 2.75) is 19.4 Å². The molecular formula is C19H22O3. The third-order valence-electron chi connectivity index (χ3n) is 3.19. The van der Waals surface area contributed by atoms with Gasteiger partial charge in [0.15, 0.2) is 0 Å². The van der Waals surface area contributed by atoms with Gasteiger partial charge < -0.3 is 14.2 Å². The van der Waals surface area contributed by atoms with Gasteiger partial charge in [-0.25, -0.2) is 0 Å². The third kappa shape index (κ3) is 5.16. The monoisotopic (exact) mass is 298 g/mol. The Morgan fingerprint density at radius 2 is 1.77 bits per heavy atom. The SMILES string of the molecule is COCCOCOC(C)(C)C#Cc1ccc2ccccc2c1. The second-order valence-electron chi connectivity index (χ2n) is 5.49. The lowest BCUT2D eigenvalue weighted by atomic mass is 10.1. The Hall–Kier alpha value is -1.86. The topological polar surface area (TPSA) is 27.7 Å². The fourth-order valence-corrected chi connectivity index (χ4v) is 1.92. The van der Waals surface area contributed by atoms with E-state index in [9.17, 15) is 0 Å². The molecule has 3 heteroatoms. The van der Waals surface area contributed by atoms with Gasteiger partial charge in [0, 0.05) is 12.7 Å². The Morgan fingerprint density at radius 1 is 1.00 bits per heavy atom. The molecule has 3 nitrogen and oxygen atoms in total. The van der Waals surface area contributed by atoms with E-state index < -0.39 is 5.60 Å². The van der Waals surface area contributed by atoms with E-state index in [1.807, 2.05) is 32.0 Å². The highest BCUT2D eigenvalue weighted by atomic mass is 16.7. The smallest absolute Gasteiger partial charge is 0.148 e. The maximum atomic E-state index is 5.63. The molecule has 0 N–H and O–H groups in total. The number of methoxy groups -OCH3 is 1. The van der Waals surface area contributed by atoms with Crippen LogP contribution >= 0.6 is 0 Å². The first-order valence-electron chi connectivity index (χ1n) is 7.33. The van der Waals surface area contributed by atoms with Crippen molar-refractivity contribution in [1.82, 2.24) is 0 Å². The van der Waals surface area contributed by atoms with Crippen molar-refractivity contribution in [3.8, 4) is 11.8 Å². The molecule has 0 unspecified atom stereocenters. The number of rotatable bonds is 6. The molecule has 0 fully saturated rings. The van der Waals surface area contributed by atoms with E-state index in [-0.39, 0.29) is 6.79 Å². The number of ether oxygens (including phenoxy) is 3. The van der Waals surface area contributed by atoms with Gasteiger partial charge in [0.2, 0.25) is 0 Å². The van der Waals surface area contributed by atoms with Gasteiger partial charge >= 0.3 is 0 Å². The Kier molecular flexibility index (Phi) is 5.97. The largest absolute Gasteiger partial charge is 0.382 e. The molecule has 0 aliphatic rings. The highest BCUT2D eigenvalue weighted by molar-refractivity contribution is 5.83. The summed E-state index contributed by atoms with van der Waals surface area (Å²) in [5.41, 5.74) is 0.425. The molecule has 0 bridgehead atoms. The van der Waals surface area contributed by atoms with E-state index in [1.54, 1.807) is 7.11 Å². The first kappa shape index (κ1) is 16.5. The zero-order valence-corrected chi connectivity index (χ0v) is 13.4. The quantitative estimate of drug-likeness (QED) is 0.463. The van der Waals surface area contributed by atoms with E-state index in [4.69, 9.17) is 14.2 Å². The summed E-state index contributed by atoms with van der Waals surface area (Å²) >= 11 is 0. The summed E-state index contributed by atoms with van der Waals surface area (Å²) in [4.78, 5) is 0. The molecule has 0 saturated carbocycles. The van der Waals surface area contributed by atoms with Crippen LogP contribution < -0.4 is 0 Å². The minimum absolute atomic E-state index is 0.211. The molecule has 0 saturated heterocycles. The molecule has 0 atom stereocenters. The number of hydrogen-bond acceptors (Lipinski definition) is 3. The van der Waals surface area contributed by atoms with Crippen LogP contribution in [0.1, 0.15) is 19.4 Å². The number of fused-ring (bicyclic) bond motifs is 1. The van der Waals surface area contributed by atoms with Crippen LogP contribution in [-0.4, -0.2) is 32.7 Å². The predicted molar refractivity (Wildman–Crippen MR) is 88.7 cm³/mol. The fourth-order valence-electron chi connectivity index (χ4n) is 1.92. The van der Waals surface area contributed by atoms with E-state index in [1.165, 1.54) is 10.8 Å². The van der Waals surface area contributed by atoms with Crippen molar-refractivity contribution >= 4 is 10.8 Å². The van der Waals surface area contributed by atoms with Gasteiger partial charge in [0.25, 0.3) is 0 Å². The third-order valence-corrected chi connectivity index (χ3v) is 3.19. The summed E-state index contributed by atoms with van der Waals surface area (Å²) in [7, 11) is 1.64. The zero-order chi connectivity index (χ0) is 15.8. The van der Waals surface area contributed by atoms with Gasteiger partial charge in [-0.05, 0) is 36.8 Å². The normalized spacial score (nSPS) is 11.2. The van der Waals surface area contributed by atoms with Crippen molar-refractivity contribution < 1.29 is 14.2 Å². The first-order valence-corrected chi connectivity index (χ1v) is 7.33. The molecule has 2 rings (SSSR count). The molecule has 0 aliphatic heterocycles. The van der Waals surface area contributed by atoms with Crippen LogP contribution in [0.5, 0.6) is 0 Å². The number of benzene rings is 2. The summed E-state index contributed by atoms with van der Waals surface area (Å²) in [6, 6.07) is 14.5. The Bertz CT molecular complexity index is 665. The molecule has 116 valence electrons. The van der Waals surface area contributed by atoms with Crippen molar-refractivity contribution in [2.75, 3.05) is 27.1 Å². The Balaban J connectivity index is 1.97. The van der Waals surface area contributed by atoms with Gasteiger partial charge in [-0.15, -0.1) is 0 Å². The molecule has 22 heavy (non-hydrogen) atoms. The van der Waals surface area contributed by atoms with Gasteiger partial charge in [-0.1, -0.05) is 42.2 Å². The maximum Gasteiger partial charge on any atom is 0.148 e. The van der Waals surface area contributed by atoms with E-state index in [0.717, 1.165) is 5.56 Å². The number of hydrogen-bond donors (Lipinski definition) is 0. The second kappa shape index (κ2) is 7.95. The van der Waals surface area contributed by atoms with Gasteiger partial charge in [-0.3, -0.25) is 0 Å². The average molecular weight is 298 g/mol. The molecule has 0 aliphatic carbocycles. The van der Waals surface area contributed by atoms with Crippen LogP contribution in [0.2, 0.25) is 0 Å². The van der Waals surface area contributed by atoms with Gasteiger partial charge in [0.1, 0.15) is 12.4 Å². The Labute approximate surface area is 132 Å². The summed E-state index contributed by atoms with van der Waals surface area (Å²) in [6.07, 6.45) is 0. The molecule has 0 amide bonds. The van der Waals surface area contributed by atoms with E-state index in [0.29, 0.717) is 13.2 Å². The van der Waals surface area contributed by atoms with Gasteiger partial charge in [-0.2, -0.15) is 0 Å². The molecule has 0 spiro atoms. The molecule has 2 aromatic rings.